The van der Waals surface area contributed by atoms with Crippen molar-refractivity contribution in [3.63, 3.8) is 0 Å². The van der Waals surface area contributed by atoms with E-state index in [2.05, 4.69) is 15.7 Å². The van der Waals surface area contributed by atoms with Crippen molar-refractivity contribution < 1.29 is 4.39 Å². The van der Waals surface area contributed by atoms with Gasteiger partial charge in [-0.3, -0.25) is 4.68 Å². The highest BCUT2D eigenvalue weighted by Gasteiger charge is 2.10. The molecule has 0 amide bonds. The maximum atomic E-state index is 13.9. The quantitative estimate of drug-likeness (QED) is 0.559. The van der Waals surface area contributed by atoms with Gasteiger partial charge in [-0.15, -0.1) is 0 Å². The van der Waals surface area contributed by atoms with Gasteiger partial charge in [-0.2, -0.15) is 5.10 Å². The Bertz CT molecular complexity index is 938. The second-order valence-corrected chi connectivity index (χ2v) is 6.81. The largest absolute Gasteiger partial charge is 0.332 e. The number of rotatable bonds is 4. The van der Waals surface area contributed by atoms with E-state index in [0.29, 0.717) is 26.5 Å². The minimum absolute atomic E-state index is 0.223. The zero-order valence-electron chi connectivity index (χ0n) is 13.8. The van der Waals surface area contributed by atoms with Crippen LogP contribution in [-0.2, 0) is 6.54 Å². The van der Waals surface area contributed by atoms with Gasteiger partial charge in [0.25, 0.3) is 0 Å². The lowest BCUT2D eigenvalue weighted by Crippen LogP contribution is -2.20. The summed E-state index contributed by atoms with van der Waals surface area (Å²) in [7, 11) is 0. The normalized spacial score (nSPS) is 10.6. The van der Waals surface area contributed by atoms with Crippen molar-refractivity contribution >= 4 is 52.0 Å². The van der Waals surface area contributed by atoms with E-state index in [1.54, 1.807) is 29.1 Å². The molecule has 0 bridgehead atoms. The van der Waals surface area contributed by atoms with Crippen LogP contribution in [0.25, 0.3) is 0 Å². The molecule has 8 heteroatoms. The monoisotopic (exact) mass is 408 g/mol. The third-order valence-electron chi connectivity index (χ3n) is 3.78. The smallest absolute Gasteiger partial charge is 0.176 e. The maximum Gasteiger partial charge on any atom is 0.176 e. The number of hydrogen-bond donors (Lipinski definition) is 2. The number of benzene rings is 2. The van der Waals surface area contributed by atoms with Gasteiger partial charge in [0.15, 0.2) is 10.9 Å². The lowest BCUT2D eigenvalue weighted by atomic mass is 10.2. The lowest BCUT2D eigenvalue weighted by Gasteiger charge is -2.12. The van der Waals surface area contributed by atoms with E-state index in [1.807, 2.05) is 25.1 Å². The SMILES string of the molecule is Cc1c(Cl)cccc1NC(=S)Nc1ccn(Cc2c(F)cccc2Cl)n1. The number of aromatic nitrogens is 2. The number of halogens is 3. The summed E-state index contributed by atoms with van der Waals surface area (Å²) in [4.78, 5) is 0. The average Bonchev–Trinajstić information content (AvgIpc) is 3.02. The van der Waals surface area contributed by atoms with Crippen LogP contribution in [0.15, 0.2) is 48.7 Å². The fraction of sp³-hybridized carbons (Fsp3) is 0.111. The van der Waals surface area contributed by atoms with Crippen LogP contribution >= 0.6 is 35.4 Å². The van der Waals surface area contributed by atoms with Crippen LogP contribution in [0.5, 0.6) is 0 Å². The van der Waals surface area contributed by atoms with Gasteiger partial charge >= 0.3 is 0 Å². The molecule has 0 saturated carbocycles. The van der Waals surface area contributed by atoms with E-state index in [4.69, 9.17) is 35.4 Å². The summed E-state index contributed by atoms with van der Waals surface area (Å²) in [6, 6.07) is 11.9. The minimum Gasteiger partial charge on any atom is -0.332 e. The van der Waals surface area contributed by atoms with E-state index >= 15 is 0 Å². The van der Waals surface area contributed by atoms with E-state index < -0.39 is 0 Å². The lowest BCUT2D eigenvalue weighted by molar-refractivity contribution is 0.586. The Morgan fingerprint density at radius 2 is 1.85 bits per heavy atom. The average molecular weight is 409 g/mol. The van der Waals surface area contributed by atoms with Gasteiger partial charge in [0.1, 0.15) is 5.82 Å². The molecule has 2 N–H and O–H groups in total. The van der Waals surface area contributed by atoms with Crippen LogP contribution < -0.4 is 10.6 Å². The summed E-state index contributed by atoms with van der Waals surface area (Å²) in [6.07, 6.45) is 1.72. The molecular formula is C18H15Cl2FN4S. The van der Waals surface area contributed by atoms with Crippen molar-refractivity contribution in [2.24, 2.45) is 0 Å². The van der Waals surface area contributed by atoms with Gasteiger partial charge in [0, 0.05) is 33.6 Å². The highest BCUT2D eigenvalue weighted by atomic mass is 35.5. The summed E-state index contributed by atoms with van der Waals surface area (Å²) >= 11 is 17.5. The van der Waals surface area contributed by atoms with Gasteiger partial charge in [0.05, 0.1) is 6.54 Å². The summed E-state index contributed by atoms with van der Waals surface area (Å²) in [5, 5.41) is 11.8. The number of thiocarbonyl (C=S) groups is 1. The first-order valence-electron chi connectivity index (χ1n) is 7.73. The first-order chi connectivity index (χ1) is 12.4. The van der Waals surface area contributed by atoms with Gasteiger partial charge in [-0.05, 0) is 49.0 Å². The fourth-order valence-corrected chi connectivity index (χ4v) is 2.99. The van der Waals surface area contributed by atoms with Gasteiger partial charge < -0.3 is 10.6 Å². The van der Waals surface area contributed by atoms with Crippen molar-refractivity contribution in [1.82, 2.24) is 9.78 Å². The summed E-state index contributed by atoms with van der Waals surface area (Å²) in [5.74, 6) is 0.172. The molecule has 26 heavy (non-hydrogen) atoms. The minimum atomic E-state index is -0.365. The molecule has 0 fully saturated rings. The second-order valence-electron chi connectivity index (χ2n) is 5.59. The molecular weight excluding hydrogens is 394 g/mol. The van der Waals surface area contributed by atoms with Gasteiger partial charge in [-0.1, -0.05) is 35.3 Å². The molecule has 3 aromatic rings. The predicted molar refractivity (Wildman–Crippen MR) is 109 cm³/mol. The van der Waals surface area contributed by atoms with Crippen LogP contribution in [0.2, 0.25) is 10.0 Å². The molecule has 0 aliphatic rings. The number of hydrogen-bond acceptors (Lipinski definition) is 2. The van der Waals surface area contributed by atoms with Crippen molar-refractivity contribution in [2.75, 3.05) is 10.6 Å². The number of anilines is 2. The second kappa shape index (κ2) is 8.03. The van der Waals surface area contributed by atoms with E-state index in [1.165, 1.54) is 6.07 Å². The highest BCUT2D eigenvalue weighted by Crippen LogP contribution is 2.23. The Kier molecular flexibility index (Phi) is 5.76. The Labute approximate surface area is 165 Å². The number of nitrogens with zero attached hydrogens (tertiary/aromatic N) is 2. The molecule has 0 atom stereocenters. The maximum absolute atomic E-state index is 13.9. The van der Waals surface area contributed by atoms with Gasteiger partial charge in [0.2, 0.25) is 0 Å². The first-order valence-corrected chi connectivity index (χ1v) is 8.90. The van der Waals surface area contributed by atoms with Crippen LogP contribution in [0.3, 0.4) is 0 Å². The molecule has 3 rings (SSSR count). The molecule has 0 aliphatic heterocycles. The van der Waals surface area contributed by atoms with Crippen LogP contribution in [0, 0.1) is 12.7 Å². The Morgan fingerprint density at radius 1 is 1.12 bits per heavy atom. The Morgan fingerprint density at radius 3 is 2.62 bits per heavy atom. The standard InChI is InChI=1S/C18H15Cl2FN4S/c1-11-13(19)4-3-7-16(11)22-18(26)23-17-8-9-25(24-17)10-12-14(20)5-2-6-15(12)21/h2-9H,10H2,1H3,(H2,22,23,24,26). The molecule has 1 aromatic heterocycles. The molecule has 2 aromatic carbocycles. The molecule has 0 spiro atoms. The topological polar surface area (TPSA) is 41.9 Å². The van der Waals surface area contributed by atoms with Crippen molar-refractivity contribution in [3.05, 3.63) is 75.7 Å². The van der Waals surface area contributed by atoms with Crippen LogP contribution in [-0.4, -0.2) is 14.9 Å². The molecule has 0 aliphatic carbocycles. The van der Waals surface area contributed by atoms with Crippen LogP contribution in [0.1, 0.15) is 11.1 Å². The fourth-order valence-electron chi connectivity index (χ4n) is 2.37. The Hall–Kier alpha value is -2.15. The van der Waals surface area contributed by atoms with E-state index in [-0.39, 0.29) is 12.4 Å². The molecule has 4 nitrogen and oxygen atoms in total. The van der Waals surface area contributed by atoms with E-state index in [0.717, 1.165) is 11.3 Å². The zero-order valence-corrected chi connectivity index (χ0v) is 16.1. The molecule has 0 radical (unpaired) electrons. The van der Waals surface area contributed by atoms with Crippen LogP contribution in [0.4, 0.5) is 15.9 Å². The predicted octanol–water partition coefficient (Wildman–Crippen LogP) is 5.49. The molecule has 1 heterocycles. The number of nitrogens with one attached hydrogen (secondary N) is 2. The molecule has 134 valence electrons. The van der Waals surface area contributed by atoms with Gasteiger partial charge in [-0.25, -0.2) is 4.39 Å². The molecule has 0 unspecified atom stereocenters. The first kappa shape index (κ1) is 18.6. The zero-order chi connectivity index (χ0) is 18.7. The van der Waals surface area contributed by atoms with Crippen molar-refractivity contribution in [3.8, 4) is 0 Å². The summed E-state index contributed by atoms with van der Waals surface area (Å²) in [6.45, 7) is 2.13. The third-order valence-corrected chi connectivity index (χ3v) is 4.75. The van der Waals surface area contributed by atoms with E-state index in [9.17, 15) is 4.39 Å². The molecule has 0 saturated heterocycles. The Balaban J connectivity index is 1.67. The summed E-state index contributed by atoms with van der Waals surface area (Å²) < 4.78 is 15.5. The summed E-state index contributed by atoms with van der Waals surface area (Å²) in [5.41, 5.74) is 2.10. The van der Waals surface area contributed by atoms with Crippen molar-refractivity contribution in [2.45, 2.75) is 13.5 Å². The third kappa shape index (κ3) is 4.33. The highest BCUT2D eigenvalue weighted by molar-refractivity contribution is 7.80. The van der Waals surface area contributed by atoms with Crippen molar-refractivity contribution in [1.29, 1.82) is 0 Å².